The molecule has 0 spiro atoms. The van der Waals surface area contributed by atoms with Crippen LogP contribution in [0.3, 0.4) is 0 Å². The van der Waals surface area contributed by atoms with Crippen molar-refractivity contribution in [2.24, 2.45) is 0 Å². The minimum absolute atomic E-state index is 0.0111. The third-order valence-corrected chi connectivity index (χ3v) is 2.44. The molecule has 0 unspecified atom stereocenters. The van der Waals surface area contributed by atoms with Crippen LogP contribution in [0, 0.1) is 11.3 Å². The van der Waals surface area contributed by atoms with E-state index in [1.165, 1.54) is 0 Å². The van der Waals surface area contributed by atoms with E-state index in [0.29, 0.717) is 18.5 Å². The van der Waals surface area contributed by atoms with Gasteiger partial charge in [-0.1, -0.05) is 15.9 Å². The number of benzene rings is 1. The van der Waals surface area contributed by atoms with Gasteiger partial charge in [-0.25, -0.2) is 0 Å². The molecule has 1 aromatic carbocycles. The first-order chi connectivity index (χ1) is 7.65. The molecule has 1 amide bonds. The topological polar surface area (TPSA) is 64.9 Å². The number of hydrogen-bond donors (Lipinski definition) is 2. The Hall–Kier alpha value is -1.54. The van der Waals surface area contributed by atoms with E-state index in [2.05, 4.69) is 32.6 Å². The Balaban J connectivity index is 2.57. The Morgan fingerprint density at radius 3 is 2.88 bits per heavy atom. The first-order valence-corrected chi connectivity index (χ1v) is 5.60. The maximum Gasteiger partial charge on any atom is 0.221 e. The maximum absolute atomic E-state index is 11.0. The van der Waals surface area contributed by atoms with Gasteiger partial charge >= 0.3 is 0 Å². The molecule has 0 heterocycles. The van der Waals surface area contributed by atoms with E-state index in [-0.39, 0.29) is 5.91 Å². The van der Waals surface area contributed by atoms with Crippen LogP contribution in [0.5, 0.6) is 0 Å². The molecule has 0 radical (unpaired) electrons. The van der Waals surface area contributed by atoms with Gasteiger partial charge in [-0.15, -0.1) is 0 Å². The predicted octanol–water partition coefficient (Wildman–Crippen LogP) is 1.87. The highest BCUT2D eigenvalue weighted by Crippen LogP contribution is 2.18. The second-order valence-electron chi connectivity index (χ2n) is 3.19. The summed E-state index contributed by atoms with van der Waals surface area (Å²) in [6.45, 7) is 0.543. The molecule has 0 bridgehead atoms. The van der Waals surface area contributed by atoms with Crippen LogP contribution in [0.1, 0.15) is 12.0 Å². The lowest BCUT2D eigenvalue weighted by Crippen LogP contribution is -2.20. The second-order valence-corrected chi connectivity index (χ2v) is 4.11. The Morgan fingerprint density at radius 1 is 1.50 bits per heavy atom. The van der Waals surface area contributed by atoms with Gasteiger partial charge in [0.2, 0.25) is 5.91 Å². The fourth-order valence-electron chi connectivity index (χ4n) is 1.20. The molecule has 0 atom stereocenters. The van der Waals surface area contributed by atoms with E-state index >= 15 is 0 Å². The van der Waals surface area contributed by atoms with Gasteiger partial charge in [0.25, 0.3) is 0 Å². The smallest absolute Gasteiger partial charge is 0.221 e. The molecule has 0 saturated heterocycles. The summed E-state index contributed by atoms with van der Waals surface area (Å²) in [5.74, 6) is -0.0111. The Kier molecular flexibility index (Phi) is 4.80. The third kappa shape index (κ3) is 3.91. The van der Waals surface area contributed by atoms with Gasteiger partial charge in [0.15, 0.2) is 0 Å². The zero-order chi connectivity index (χ0) is 12.0. The fraction of sp³-hybridized carbons (Fsp3) is 0.273. The SMILES string of the molecule is CNC(=O)CCNc1cc(Br)cc(C#N)c1. The van der Waals surface area contributed by atoms with Gasteiger partial charge in [0, 0.05) is 30.2 Å². The van der Waals surface area contributed by atoms with Crippen molar-refractivity contribution in [2.45, 2.75) is 6.42 Å². The number of halogens is 1. The number of anilines is 1. The summed E-state index contributed by atoms with van der Waals surface area (Å²) in [5, 5.41) is 14.4. The highest BCUT2D eigenvalue weighted by molar-refractivity contribution is 9.10. The third-order valence-electron chi connectivity index (χ3n) is 1.99. The van der Waals surface area contributed by atoms with Crippen LogP contribution < -0.4 is 10.6 Å². The fourth-order valence-corrected chi connectivity index (χ4v) is 1.69. The van der Waals surface area contributed by atoms with Crippen molar-refractivity contribution >= 4 is 27.5 Å². The molecule has 0 aliphatic carbocycles. The molecule has 2 N–H and O–H groups in total. The van der Waals surface area contributed by atoms with Crippen molar-refractivity contribution in [2.75, 3.05) is 18.9 Å². The number of nitrogens with zero attached hydrogens (tertiary/aromatic N) is 1. The lowest BCUT2D eigenvalue weighted by atomic mass is 10.2. The second kappa shape index (κ2) is 6.13. The summed E-state index contributed by atoms with van der Waals surface area (Å²) in [6.07, 6.45) is 0.408. The lowest BCUT2D eigenvalue weighted by molar-refractivity contribution is -0.120. The number of rotatable bonds is 4. The number of carbonyl (C=O) groups excluding carboxylic acids is 1. The van der Waals surface area contributed by atoms with Gasteiger partial charge < -0.3 is 10.6 Å². The van der Waals surface area contributed by atoms with Crippen molar-refractivity contribution in [1.29, 1.82) is 5.26 Å². The van der Waals surface area contributed by atoms with Crippen LogP contribution in [-0.2, 0) is 4.79 Å². The maximum atomic E-state index is 11.0. The van der Waals surface area contributed by atoms with Crippen molar-refractivity contribution in [3.05, 3.63) is 28.2 Å². The van der Waals surface area contributed by atoms with E-state index in [1.54, 1.807) is 19.2 Å². The minimum Gasteiger partial charge on any atom is -0.384 e. The molecule has 5 heteroatoms. The predicted molar refractivity (Wildman–Crippen MR) is 66.0 cm³/mol. The Morgan fingerprint density at radius 2 is 2.25 bits per heavy atom. The van der Waals surface area contributed by atoms with Gasteiger partial charge in [-0.3, -0.25) is 4.79 Å². The average Bonchev–Trinajstić information content (AvgIpc) is 2.28. The summed E-state index contributed by atoms with van der Waals surface area (Å²) in [5.41, 5.74) is 1.41. The zero-order valence-electron chi connectivity index (χ0n) is 8.88. The zero-order valence-corrected chi connectivity index (χ0v) is 10.5. The van der Waals surface area contributed by atoms with E-state index in [9.17, 15) is 4.79 Å². The van der Waals surface area contributed by atoms with Crippen molar-refractivity contribution in [3.63, 3.8) is 0 Å². The summed E-state index contributed by atoms with van der Waals surface area (Å²) < 4.78 is 0.842. The Bertz CT molecular complexity index is 426. The standard InChI is InChI=1S/C11H12BrN3O/c1-14-11(16)2-3-15-10-5-8(7-13)4-9(12)6-10/h4-6,15H,2-3H2,1H3,(H,14,16). The van der Waals surface area contributed by atoms with Crippen LogP contribution in [-0.4, -0.2) is 19.5 Å². The van der Waals surface area contributed by atoms with E-state index in [0.717, 1.165) is 10.2 Å². The highest BCUT2D eigenvalue weighted by Gasteiger charge is 2.00. The summed E-state index contributed by atoms with van der Waals surface area (Å²) in [4.78, 5) is 11.0. The van der Waals surface area contributed by atoms with Gasteiger partial charge in [-0.05, 0) is 18.2 Å². The monoisotopic (exact) mass is 281 g/mol. The van der Waals surface area contributed by atoms with Crippen LogP contribution in [0.4, 0.5) is 5.69 Å². The first kappa shape index (κ1) is 12.5. The van der Waals surface area contributed by atoms with E-state index in [4.69, 9.17) is 5.26 Å². The van der Waals surface area contributed by atoms with Crippen LogP contribution in [0.25, 0.3) is 0 Å². The Labute approximate surface area is 103 Å². The van der Waals surface area contributed by atoms with Crippen molar-refractivity contribution < 1.29 is 4.79 Å². The van der Waals surface area contributed by atoms with Gasteiger partial charge in [0.1, 0.15) is 0 Å². The average molecular weight is 282 g/mol. The van der Waals surface area contributed by atoms with Crippen LogP contribution in [0.15, 0.2) is 22.7 Å². The molecular formula is C11H12BrN3O. The van der Waals surface area contributed by atoms with Crippen molar-refractivity contribution in [3.8, 4) is 6.07 Å². The lowest BCUT2D eigenvalue weighted by Gasteiger charge is -2.06. The normalized spacial score (nSPS) is 9.31. The van der Waals surface area contributed by atoms with E-state index in [1.807, 2.05) is 6.07 Å². The summed E-state index contributed by atoms with van der Waals surface area (Å²) in [7, 11) is 1.61. The molecular weight excluding hydrogens is 270 g/mol. The number of nitrogens with one attached hydrogen (secondary N) is 2. The molecule has 0 aliphatic rings. The molecule has 0 fully saturated rings. The number of carbonyl (C=O) groups is 1. The molecule has 0 aromatic heterocycles. The molecule has 0 saturated carbocycles. The number of hydrogen-bond acceptors (Lipinski definition) is 3. The first-order valence-electron chi connectivity index (χ1n) is 4.81. The molecule has 0 aliphatic heterocycles. The van der Waals surface area contributed by atoms with Crippen molar-refractivity contribution in [1.82, 2.24) is 5.32 Å². The highest BCUT2D eigenvalue weighted by atomic mass is 79.9. The van der Waals surface area contributed by atoms with Gasteiger partial charge in [-0.2, -0.15) is 5.26 Å². The molecule has 1 rings (SSSR count). The quantitative estimate of drug-likeness (QED) is 0.886. The van der Waals surface area contributed by atoms with E-state index < -0.39 is 0 Å². The summed E-state index contributed by atoms with van der Waals surface area (Å²) in [6, 6.07) is 7.42. The van der Waals surface area contributed by atoms with Crippen LogP contribution in [0.2, 0.25) is 0 Å². The molecule has 4 nitrogen and oxygen atoms in total. The van der Waals surface area contributed by atoms with Crippen LogP contribution >= 0.6 is 15.9 Å². The molecule has 16 heavy (non-hydrogen) atoms. The minimum atomic E-state index is -0.0111. The largest absolute Gasteiger partial charge is 0.384 e. The number of amides is 1. The van der Waals surface area contributed by atoms with Gasteiger partial charge in [0.05, 0.1) is 11.6 Å². The number of nitriles is 1. The summed E-state index contributed by atoms with van der Waals surface area (Å²) >= 11 is 3.32. The molecule has 1 aromatic rings. The molecule has 84 valence electrons.